The van der Waals surface area contributed by atoms with Gasteiger partial charge in [-0.05, 0) is 50.5 Å². The van der Waals surface area contributed by atoms with E-state index in [4.69, 9.17) is 22.2 Å². The van der Waals surface area contributed by atoms with Gasteiger partial charge >= 0.3 is 24.0 Å². The molecule has 0 saturated carbocycles. The molecule has 13 heteroatoms. The van der Waals surface area contributed by atoms with Gasteiger partial charge in [0, 0.05) is 30.1 Å². The Balaban J connectivity index is 3.53. The van der Waals surface area contributed by atoms with Crippen LogP contribution in [0.4, 0.5) is 30.7 Å². The Bertz CT molecular complexity index is 1100. The van der Waals surface area contributed by atoms with Crippen LogP contribution in [0, 0.1) is 13.8 Å². The van der Waals surface area contributed by atoms with Gasteiger partial charge in [0.2, 0.25) is 0 Å². The molecule has 0 spiro atoms. The number of hydrazine groups is 1. The number of nitrogens with zero attached hydrogens (tertiary/aromatic N) is 1. The van der Waals surface area contributed by atoms with Gasteiger partial charge in [0.15, 0.2) is 0 Å². The monoisotopic (exact) mass is 571 g/mol. The highest BCUT2D eigenvalue weighted by molar-refractivity contribution is 6.35. The Morgan fingerprint density at radius 2 is 1.58 bits per heavy atom. The van der Waals surface area contributed by atoms with Crippen molar-refractivity contribution in [1.82, 2.24) is 10.3 Å². The van der Waals surface area contributed by atoms with Crippen LogP contribution < -0.4 is 11.2 Å². The molecule has 38 heavy (non-hydrogen) atoms. The van der Waals surface area contributed by atoms with Crippen LogP contribution in [0.2, 0.25) is 0 Å². The summed E-state index contributed by atoms with van der Waals surface area (Å²) in [5.41, 5.74) is -6.41. The van der Waals surface area contributed by atoms with Gasteiger partial charge in [0.25, 0.3) is 0 Å². The minimum Gasteiger partial charge on any atom is -0.462 e. The minimum atomic E-state index is -6.23. The summed E-state index contributed by atoms with van der Waals surface area (Å²) in [4.78, 5) is 11.8. The molecule has 0 atom stereocenters. The van der Waals surface area contributed by atoms with E-state index in [0.717, 1.165) is 5.01 Å². The summed E-state index contributed by atoms with van der Waals surface area (Å²) in [6.45, 7) is 9.57. The van der Waals surface area contributed by atoms with Crippen LogP contribution in [0.5, 0.6) is 0 Å². The van der Waals surface area contributed by atoms with E-state index in [-0.39, 0.29) is 39.6 Å². The standard InChI is InChI=1S/C25H29ClF7N3O2/c1-7-18(9-10-19(26)16(5)22(37)38-8-2)36(34)13-20(35-6)21-14(3)11-17(12-15(21)4)23(27,24(28,29)30)25(31,32)33/h9-13,35H,5,7-8,34H2,1-4,6H3/b18-9+,19-10+,20-13-. The average molecular weight is 572 g/mol. The van der Waals surface area contributed by atoms with Crippen molar-refractivity contribution in [2.45, 2.75) is 52.1 Å². The number of esters is 1. The van der Waals surface area contributed by atoms with E-state index in [1.807, 2.05) is 0 Å². The number of hydrogen-bond acceptors (Lipinski definition) is 5. The number of nitrogens with one attached hydrogen (secondary N) is 1. The summed E-state index contributed by atoms with van der Waals surface area (Å²) >= 11 is 6.09. The number of alkyl halides is 7. The fraction of sp³-hybridized carbons (Fsp3) is 0.400. The van der Waals surface area contributed by atoms with Crippen molar-refractivity contribution in [2.24, 2.45) is 5.84 Å². The molecule has 0 fully saturated rings. The van der Waals surface area contributed by atoms with Crippen molar-refractivity contribution in [3.63, 3.8) is 0 Å². The largest absolute Gasteiger partial charge is 0.462 e. The molecule has 0 amide bonds. The van der Waals surface area contributed by atoms with Crippen LogP contribution in [0.15, 0.2) is 53.4 Å². The van der Waals surface area contributed by atoms with E-state index in [1.54, 1.807) is 13.8 Å². The Kier molecular flexibility index (Phi) is 11.0. The maximum absolute atomic E-state index is 14.6. The quantitative estimate of drug-likeness (QED) is 0.0805. The minimum absolute atomic E-state index is 0.00747. The molecule has 0 unspecified atom stereocenters. The van der Waals surface area contributed by atoms with E-state index < -0.39 is 29.6 Å². The second kappa shape index (κ2) is 12.7. The van der Waals surface area contributed by atoms with Gasteiger partial charge in [-0.15, -0.1) is 0 Å². The molecule has 1 rings (SSSR count). The van der Waals surface area contributed by atoms with E-state index in [1.165, 1.54) is 39.2 Å². The molecule has 0 aliphatic rings. The second-order valence-corrected chi connectivity index (χ2v) is 8.47. The fourth-order valence-electron chi connectivity index (χ4n) is 3.52. The molecule has 0 saturated heterocycles. The van der Waals surface area contributed by atoms with E-state index >= 15 is 0 Å². The highest BCUT2D eigenvalue weighted by Crippen LogP contribution is 2.53. The predicted molar refractivity (Wildman–Crippen MR) is 132 cm³/mol. The molecular formula is C25H29ClF7N3O2. The summed E-state index contributed by atoms with van der Waals surface area (Å²) in [5, 5.41) is 3.94. The first-order chi connectivity index (χ1) is 17.4. The van der Waals surface area contributed by atoms with Crippen molar-refractivity contribution in [3.05, 3.63) is 75.6 Å². The van der Waals surface area contributed by atoms with Crippen molar-refractivity contribution in [2.75, 3.05) is 13.7 Å². The van der Waals surface area contributed by atoms with Gasteiger partial charge in [-0.1, -0.05) is 37.2 Å². The lowest BCUT2D eigenvalue weighted by atomic mass is 9.88. The van der Waals surface area contributed by atoms with Crippen molar-refractivity contribution in [1.29, 1.82) is 0 Å². The second-order valence-electron chi connectivity index (χ2n) is 8.06. The SMILES string of the molecule is C=C(C(=O)OCC)/C(Cl)=C\C=C(/CC)N(N)/C=C(\NC)c1c(C)cc(C(F)(C(F)(F)F)C(F)(F)F)cc1C. The molecule has 1 aromatic rings. The predicted octanol–water partition coefficient (Wildman–Crippen LogP) is 6.82. The summed E-state index contributed by atoms with van der Waals surface area (Å²) in [7, 11) is 1.47. The first-order valence-corrected chi connectivity index (χ1v) is 11.6. The zero-order chi connectivity index (χ0) is 29.6. The molecule has 1 aromatic carbocycles. The molecule has 0 aromatic heterocycles. The van der Waals surface area contributed by atoms with Crippen LogP contribution in [0.1, 0.15) is 42.5 Å². The molecular weight excluding hydrogens is 543 g/mol. The Labute approximate surface area is 221 Å². The van der Waals surface area contributed by atoms with Gasteiger partial charge in [-0.2, -0.15) is 26.3 Å². The zero-order valence-electron chi connectivity index (χ0n) is 21.4. The molecule has 212 valence electrons. The number of carbonyl (C=O) groups excluding carboxylic acids is 1. The van der Waals surface area contributed by atoms with Crippen LogP contribution >= 0.6 is 11.6 Å². The fourth-order valence-corrected chi connectivity index (χ4v) is 3.66. The Morgan fingerprint density at radius 1 is 1.08 bits per heavy atom. The lowest BCUT2D eigenvalue weighted by Crippen LogP contribution is -2.50. The number of ether oxygens (including phenoxy) is 1. The molecule has 3 N–H and O–H groups in total. The van der Waals surface area contributed by atoms with E-state index in [2.05, 4.69) is 11.9 Å². The van der Waals surface area contributed by atoms with Gasteiger partial charge in [0.05, 0.1) is 22.9 Å². The Hall–Kier alpha value is -2.99. The molecule has 0 heterocycles. The lowest BCUT2D eigenvalue weighted by molar-refractivity contribution is -0.348. The van der Waals surface area contributed by atoms with Crippen LogP contribution in [-0.2, 0) is 15.2 Å². The first-order valence-electron chi connectivity index (χ1n) is 11.2. The van der Waals surface area contributed by atoms with Crippen molar-refractivity contribution in [3.8, 4) is 0 Å². The number of nitrogens with two attached hydrogens (primary N) is 1. The third kappa shape index (κ3) is 7.10. The van der Waals surface area contributed by atoms with Gasteiger partial charge in [-0.3, -0.25) is 5.01 Å². The third-order valence-corrected chi connectivity index (χ3v) is 5.80. The molecule has 0 aliphatic carbocycles. The third-order valence-electron chi connectivity index (χ3n) is 5.44. The summed E-state index contributed by atoms with van der Waals surface area (Å²) in [6.07, 6.45) is -7.89. The normalized spacial score (nSPS) is 13.9. The lowest BCUT2D eigenvalue weighted by Gasteiger charge is -2.31. The van der Waals surface area contributed by atoms with Crippen LogP contribution in [-0.4, -0.2) is 37.0 Å². The van der Waals surface area contributed by atoms with Gasteiger partial charge in [0.1, 0.15) is 0 Å². The molecule has 5 nitrogen and oxygen atoms in total. The van der Waals surface area contributed by atoms with E-state index in [0.29, 0.717) is 24.3 Å². The van der Waals surface area contributed by atoms with E-state index in [9.17, 15) is 35.5 Å². The highest BCUT2D eigenvalue weighted by atomic mass is 35.5. The summed E-state index contributed by atoms with van der Waals surface area (Å²) < 4.78 is 98.9. The molecule has 0 radical (unpaired) electrons. The number of halogens is 8. The highest BCUT2D eigenvalue weighted by Gasteiger charge is 2.73. The van der Waals surface area contributed by atoms with Crippen LogP contribution in [0.3, 0.4) is 0 Å². The van der Waals surface area contributed by atoms with Crippen molar-refractivity contribution >= 4 is 23.3 Å². The molecule has 0 bridgehead atoms. The summed E-state index contributed by atoms with van der Waals surface area (Å²) in [6, 6.07) is 1.02. The first kappa shape index (κ1) is 33.0. The Morgan fingerprint density at radius 3 is 1.97 bits per heavy atom. The topological polar surface area (TPSA) is 67.6 Å². The van der Waals surface area contributed by atoms with Gasteiger partial charge in [-0.25, -0.2) is 15.0 Å². The number of aryl methyl sites for hydroxylation is 2. The number of rotatable bonds is 10. The number of benzene rings is 1. The molecule has 0 aliphatic heterocycles. The summed E-state index contributed by atoms with van der Waals surface area (Å²) in [5.74, 6) is 5.43. The maximum Gasteiger partial charge on any atom is 0.435 e. The number of allylic oxidation sites excluding steroid dienone is 3. The zero-order valence-corrected chi connectivity index (χ0v) is 22.1. The average Bonchev–Trinajstić information content (AvgIpc) is 2.80. The van der Waals surface area contributed by atoms with Gasteiger partial charge < -0.3 is 10.1 Å². The number of carbonyl (C=O) groups is 1. The van der Waals surface area contributed by atoms with Crippen LogP contribution in [0.25, 0.3) is 5.70 Å². The smallest absolute Gasteiger partial charge is 0.435 e. The number of hydrogen-bond donors (Lipinski definition) is 2. The maximum atomic E-state index is 14.6. The van der Waals surface area contributed by atoms with Crippen molar-refractivity contribution < 1.29 is 40.3 Å².